The Kier molecular flexibility index (Phi) is 2.44. The molecule has 0 saturated carbocycles. The first-order valence-corrected chi connectivity index (χ1v) is 6.39. The highest BCUT2D eigenvalue weighted by molar-refractivity contribution is 5.97. The molecule has 0 atom stereocenters. The van der Waals surface area contributed by atoms with Crippen LogP contribution in [0.2, 0.25) is 0 Å². The molecule has 0 fully saturated rings. The van der Waals surface area contributed by atoms with Gasteiger partial charge in [0, 0.05) is 5.39 Å². The number of nitrogens with zero attached hydrogens (tertiary/aromatic N) is 1. The topological polar surface area (TPSA) is 31.2 Å². The van der Waals surface area contributed by atoms with Crippen molar-refractivity contribution in [2.45, 2.75) is 33.2 Å². The Bertz CT molecular complexity index is 637. The van der Waals surface area contributed by atoms with E-state index < -0.39 is 0 Å². The van der Waals surface area contributed by atoms with E-state index in [4.69, 9.17) is 4.74 Å². The maximum atomic E-state index is 11.8. The van der Waals surface area contributed by atoms with Crippen molar-refractivity contribution < 1.29 is 9.53 Å². The number of carbonyl (C=O) groups excluding carboxylic acids is 1. The van der Waals surface area contributed by atoms with E-state index in [0.717, 1.165) is 11.9 Å². The molecule has 3 rings (SSSR count). The van der Waals surface area contributed by atoms with Crippen LogP contribution in [0.5, 0.6) is 0 Å². The molecule has 1 aliphatic rings. The van der Waals surface area contributed by atoms with Crippen LogP contribution in [-0.4, -0.2) is 17.1 Å². The first-order valence-electron chi connectivity index (χ1n) is 6.39. The summed E-state index contributed by atoms with van der Waals surface area (Å²) in [7, 11) is 0. The van der Waals surface area contributed by atoms with Crippen molar-refractivity contribution in [1.82, 2.24) is 4.57 Å². The van der Waals surface area contributed by atoms with Gasteiger partial charge in [-0.2, -0.15) is 0 Å². The van der Waals surface area contributed by atoms with Gasteiger partial charge in [-0.25, -0.2) is 4.79 Å². The SMILES string of the molecule is Cc1cc(C(C)C)c2c(c1)cc1n2CCOC1=O. The number of aromatic nitrogens is 1. The Balaban J connectivity index is 2.38. The lowest BCUT2D eigenvalue weighted by atomic mass is 9.98. The second-order valence-electron chi connectivity index (χ2n) is 5.26. The molecule has 18 heavy (non-hydrogen) atoms. The predicted molar refractivity (Wildman–Crippen MR) is 71.0 cm³/mol. The van der Waals surface area contributed by atoms with E-state index in [1.807, 2.05) is 6.07 Å². The molecule has 2 heterocycles. The van der Waals surface area contributed by atoms with Crippen LogP contribution in [0.25, 0.3) is 10.9 Å². The molecule has 1 aromatic carbocycles. The third-order valence-corrected chi connectivity index (χ3v) is 3.55. The fourth-order valence-electron chi connectivity index (χ4n) is 2.75. The third kappa shape index (κ3) is 1.54. The molecule has 0 bridgehead atoms. The Hall–Kier alpha value is -1.77. The lowest BCUT2D eigenvalue weighted by molar-refractivity contribution is 0.0426. The summed E-state index contributed by atoms with van der Waals surface area (Å²) in [6.45, 7) is 7.71. The molecule has 2 aromatic rings. The zero-order chi connectivity index (χ0) is 12.9. The van der Waals surface area contributed by atoms with Gasteiger partial charge in [-0.05, 0) is 30.5 Å². The number of hydrogen-bond donors (Lipinski definition) is 0. The molecule has 94 valence electrons. The first-order chi connectivity index (χ1) is 8.58. The van der Waals surface area contributed by atoms with E-state index in [1.165, 1.54) is 16.6 Å². The van der Waals surface area contributed by atoms with E-state index in [-0.39, 0.29) is 5.97 Å². The molecule has 0 radical (unpaired) electrons. The van der Waals surface area contributed by atoms with Crippen LogP contribution in [0.3, 0.4) is 0 Å². The molecule has 0 unspecified atom stereocenters. The summed E-state index contributed by atoms with van der Waals surface area (Å²) in [6.07, 6.45) is 0. The average Bonchev–Trinajstić information content (AvgIpc) is 2.67. The number of benzene rings is 1. The molecular formula is C15H17NO2. The van der Waals surface area contributed by atoms with Crippen LogP contribution >= 0.6 is 0 Å². The number of cyclic esters (lactones) is 1. The molecular weight excluding hydrogens is 226 g/mol. The quantitative estimate of drug-likeness (QED) is 0.720. The molecule has 0 aliphatic carbocycles. The summed E-state index contributed by atoms with van der Waals surface area (Å²) in [5, 5.41) is 1.15. The lowest BCUT2D eigenvalue weighted by Crippen LogP contribution is -2.22. The van der Waals surface area contributed by atoms with E-state index in [1.54, 1.807) is 0 Å². The minimum atomic E-state index is -0.204. The number of carbonyl (C=O) groups is 1. The summed E-state index contributed by atoms with van der Waals surface area (Å²) in [6, 6.07) is 6.32. The van der Waals surface area contributed by atoms with Crippen molar-refractivity contribution in [3.63, 3.8) is 0 Å². The van der Waals surface area contributed by atoms with Crippen LogP contribution in [0, 0.1) is 6.92 Å². The van der Waals surface area contributed by atoms with Crippen LogP contribution in [0.1, 0.15) is 41.4 Å². The largest absolute Gasteiger partial charge is 0.459 e. The van der Waals surface area contributed by atoms with E-state index in [2.05, 4.69) is 37.5 Å². The average molecular weight is 243 g/mol. The molecule has 0 saturated heterocycles. The summed E-state index contributed by atoms with van der Waals surface area (Å²) >= 11 is 0. The third-order valence-electron chi connectivity index (χ3n) is 3.55. The molecule has 0 N–H and O–H groups in total. The fourth-order valence-corrected chi connectivity index (χ4v) is 2.75. The van der Waals surface area contributed by atoms with Gasteiger partial charge in [0.25, 0.3) is 0 Å². The predicted octanol–water partition coefficient (Wildman–Crippen LogP) is 3.24. The highest BCUT2D eigenvalue weighted by Crippen LogP contribution is 2.31. The summed E-state index contributed by atoms with van der Waals surface area (Å²) < 4.78 is 7.21. The Labute approximate surface area is 106 Å². The van der Waals surface area contributed by atoms with Gasteiger partial charge in [-0.15, -0.1) is 0 Å². The van der Waals surface area contributed by atoms with Gasteiger partial charge in [0.05, 0.1) is 12.1 Å². The van der Waals surface area contributed by atoms with E-state index in [9.17, 15) is 4.79 Å². The number of aryl methyl sites for hydroxylation is 1. The van der Waals surface area contributed by atoms with Crippen molar-refractivity contribution in [2.24, 2.45) is 0 Å². The maximum absolute atomic E-state index is 11.8. The molecule has 3 nitrogen and oxygen atoms in total. The first kappa shape index (κ1) is 11.3. The Morgan fingerprint density at radius 3 is 2.78 bits per heavy atom. The molecule has 1 aromatic heterocycles. The second kappa shape index (κ2) is 3.87. The zero-order valence-corrected chi connectivity index (χ0v) is 11.0. The fraction of sp³-hybridized carbons (Fsp3) is 0.400. The van der Waals surface area contributed by atoms with Gasteiger partial charge in [0.2, 0.25) is 0 Å². The maximum Gasteiger partial charge on any atom is 0.355 e. The van der Waals surface area contributed by atoms with E-state index in [0.29, 0.717) is 18.2 Å². The van der Waals surface area contributed by atoms with Crippen molar-refractivity contribution >= 4 is 16.9 Å². The zero-order valence-electron chi connectivity index (χ0n) is 11.0. The Morgan fingerprint density at radius 2 is 2.06 bits per heavy atom. The monoisotopic (exact) mass is 243 g/mol. The lowest BCUT2D eigenvalue weighted by Gasteiger charge is -2.18. The summed E-state index contributed by atoms with van der Waals surface area (Å²) in [4.78, 5) is 11.8. The van der Waals surface area contributed by atoms with Gasteiger partial charge >= 0.3 is 5.97 Å². The van der Waals surface area contributed by atoms with E-state index >= 15 is 0 Å². The van der Waals surface area contributed by atoms with Crippen LogP contribution in [-0.2, 0) is 11.3 Å². The van der Waals surface area contributed by atoms with Crippen LogP contribution < -0.4 is 0 Å². The van der Waals surface area contributed by atoms with Gasteiger partial charge in [0.15, 0.2) is 0 Å². The van der Waals surface area contributed by atoms with Crippen molar-refractivity contribution in [1.29, 1.82) is 0 Å². The van der Waals surface area contributed by atoms with Crippen molar-refractivity contribution in [3.8, 4) is 0 Å². The number of esters is 1. The van der Waals surface area contributed by atoms with Gasteiger partial charge < -0.3 is 9.30 Å². The van der Waals surface area contributed by atoms with Crippen LogP contribution in [0.15, 0.2) is 18.2 Å². The number of ether oxygens (including phenoxy) is 1. The molecule has 0 spiro atoms. The smallest absolute Gasteiger partial charge is 0.355 e. The Morgan fingerprint density at radius 1 is 1.28 bits per heavy atom. The summed E-state index contributed by atoms with van der Waals surface area (Å²) in [5.74, 6) is 0.245. The van der Waals surface area contributed by atoms with Gasteiger partial charge in [-0.1, -0.05) is 25.5 Å². The second-order valence-corrected chi connectivity index (χ2v) is 5.26. The molecule has 0 amide bonds. The standard InChI is InChI=1S/C15H17NO2/c1-9(2)12-7-10(3)6-11-8-13-15(17)18-5-4-16(13)14(11)12/h6-9H,4-5H2,1-3H3. The van der Waals surface area contributed by atoms with Gasteiger partial charge in [-0.3, -0.25) is 0 Å². The minimum Gasteiger partial charge on any atom is -0.459 e. The van der Waals surface area contributed by atoms with Gasteiger partial charge in [0.1, 0.15) is 12.3 Å². The molecule has 3 heteroatoms. The highest BCUT2D eigenvalue weighted by atomic mass is 16.5. The summed E-state index contributed by atoms with van der Waals surface area (Å²) in [5.41, 5.74) is 4.43. The van der Waals surface area contributed by atoms with Crippen molar-refractivity contribution in [2.75, 3.05) is 6.61 Å². The van der Waals surface area contributed by atoms with Crippen molar-refractivity contribution in [3.05, 3.63) is 35.0 Å². The molecule has 1 aliphatic heterocycles. The number of rotatable bonds is 1. The normalized spacial score (nSPS) is 15.0. The number of hydrogen-bond acceptors (Lipinski definition) is 2. The highest BCUT2D eigenvalue weighted by Gasteiger charge is 2.23. The number of fused-ring (bicyclic) bond motifs is 3. The minimum absolute atomic E-state index is 0.204. The van der Waals surface area contributed by atoms with Crippen LogP contribution in [0.4, 0.5) is 0 Å².